The molecule has 3 rings (SSSR count). The lowest BCUT2D eigenvalue weighted by molar-refractivity contribution is 0.785. The van der Waals surface area contributed by atoms with E-state index in [1.165, 1.54) is 6.42 Å². The van der Waals surface area contributed by atoms with Gasteiger partial charge < -0.3 is 11.1 Å². The Morgan fingerprint density at radius 3 is 2.88 bits per heavy atom. The summed E-state index contributed by atoms with van der Waals surface area (Å²) < 4.78 is 0. The van der Waals surface area contributed by atoms with E-state index in [0.717, 1.165) is 35.1 Å². The van der Waals surface area contributed by atoms with E-state index in [1.54, 1.807) is 0 Å². The maximum Gasteiger partial charge on any atom is 0.222 e. The second-order valence-corrected chi connectivity index (χ2v) is 4.80. The van der Waals surface area contributed by atoms with Gasteiger partial charge in [-0.15, -0.1) is 0 Å². The summed E-state index contributed by atoms with van der Waals surface area (Å²) in [5.74, 6) is 2.81. The Morgan fingerprint density at radius 1 is 1.35 bits per heavy atom. The van der Waals surface area contributed by atoms with Gasteiger partial charge in [0.15, 0.2) is 0 Å². The van der Waals surface area contributed by atoms with E-state index >= 15 is 0 Å². The molecule has 1 heterocycles. The molecule has 88 valence electrons. The van der Waals surface area contributed by atoms with Crippen LogP contribution in [0.15, 0.2) is 24.3 Å². The fourth-order valence-corrected chi connectivity index (χ4v) is 2.14. The molecule has 1 aromatic carbocycles. The maximum atomic E-state index is 5.71. The fourth-order valence-electron chi connectivity index (χ4n) is 2.14. The predicted octanol–water partition coefficient (Wildman–Crippen LogP) is 2.28. The molecule has 0 saturated heterocycles. The molecule has 2 unspecified atom stereocenters. The van der Waals surface area contributed by atoms with Crippen LogP contribution in [0.3, 0.4) is 0 Å². The Balaban J connectivity index is 1.91. The predicted molar refractivity (Wildman–Crippen MR) is 69.7 cm³/mol. The van der Waals surface area contributed by atoms with E-state index in [2.05, 4.69) is 22.2 Å². The molecule has 4 nitrogen and oxygen atoms in total. The molecule has 1 aliphatic carbocycles. The first-order valence-corrected chi connectivity index (χ1v) is 6.00. The second-order valence-electron chi connectivity index (χ2n) is 4.80. The average Bonchev–Trinajstić information content (AvgIpc) is 3.02. The SMILES string of the molecule is CC1CC1CNc1nc(N)nc2ccccc12. The van der Waals surface area contributed by atoms with E-state index in [4.69, 9.17) is 5.73 Å². The van der Waals surface area contributed by atoms with E-state index in [0.29, 0.717) is 5.95 Å². The summed E-state index contributed by atoms with van der Waals surface area (Å²) >= 11 is 0. The highest BCUT2D eigenvalue weighted by molar-refractivity contribution is 5.89. The monoisotopic (exact) mass is 228 g/mol. The summed E-state index contributed by atoms with van der Waals surface area (Å²) in [5, 5.41) is 4.43. The number of hydrogen-bond acceptors (Lipinski definition) is 4. The highest BCUT2D eigenvalue weighted by Gasteiger charge is 2.32. The van der Waals surface area contributed by atoms with Gasteiger partial charge in [0.25, 0.3) is 0 Å². The number of nitrogens with zero attached hydrogens (tertiary/aromatic N) is 2. The first kappa shape index (κ1) is 10.3. The number of para-hydroxylation sites is 1. The van der Waals surface area contributed by atoms with Gasteiger partial charge in [-0.05, 0) is 30.4 Å². The number of benzene rings is 1. The minimum Gasteiger partial charge on any atom is -0.369 e. The molecule has 1 fully saturated rings. The van der Waals surface area contributed by atoms with Crippen molar-refractivity contribution in [1.82, 2.24) is 9.97 Å². The van der Waals surface area contributed by atoms with Crippen molar-refractivity contribution in [3.8, 4) is 0 Å². The first-order chi connectivity index (χ1) is 8.24. The van der Waals surface area contributed by atoms with Gasteiger partial charge in [0.1, 0.15) is 5.82 Å². The van der Waals surface area contributed by atoms with Crippen LogP contribution in [-0.2, 0) is 0 Å². The molecule has 0 bridgehead atoms. The van der Waals surface area contributed by atoms with Gasteiger partial charge >= 0.3 is 0 Å². The highest BCUT2D eigenvalue weighted by Crippen LogP contribution is 2.37. The van der Waals surface area contributed by atoms with Gasteiger partial charge in [-0.1, -0.05) is 19.1 Å². The largest absolute Gasteiger partial charge is 0.369 e. The van der Waals surface area contributed by atoms with Crippen molar-refractivity contribution in [3.05, 3.63) is 24.3 Å². The van der Waals surface area contributed by atoms with Crippen LogP contribution in [0.25, 0.3) is 10.9 Å². The van der Waals surface area contributed by atoms with E-state index in [9.17, 15) is 0 Å². The number of nitrogens with two attached hydrogens (primary N) is 1. The molecule has 0 spiro atoms. The van der Waals surface area contributed by atoms with Crippen LogP contribution in [-0.4, -0.2) is 16.5 Å². The summed E-state index contributed by atoms with van der Waals surface area (Å²) in [7, 11) is 0. The lowest BCUT2D eigenvalue weighted by atomic mass is 10.2. The molecule has 1 saturated carbocycles. The molecule has 0 amide bonds. The van der Waals surface area contributed by atoms with Crippen LogP contribution in [0, 0.1) is 11.8 Å². The molecule has 4 heteroatoms. The Bertz CT molecular complexity index is 552. The van der Waals surface area contributed by atoms with Crippen molar-refractivity contribution in [1.29, 1.82) is 0 Å². The summed E-state index contributed by atoms with van der Waals surface area (Å²) in [6.07, 6.45) is 1.31. The number of nitrogen functional groups attached to an aromatic ring is 1. The Kier molecular flexibility index (Phi) is 2.35. The number of rotatable bonds is 3. The van der Waals surface area contributed by atoms with Gasteiger partial charge in [0, 0.05) is 11.9 Å². The number of anilines is 2. The van der Waals surface area contributed by atoms with Crippen LogP contribution >= 0.6 is 0 Å². The van der Waals surface area contributed by atoms with Crippen molar-refractivity contribution in [2.24, 2.45) is 11.8 Å². The van der Waals surface area contributed by atoms with Crippen LogP contribution in [0.4, 0.5) is 11.8 Å². The third-order valence-electron chi connectivity index (χ3n) is 3.43. The third kappa shape index (κ3) is 2.02. The molecular formula is C13H16N4. The van der Waals surface area contributed by atoms with Gasteiger partial charge in [-0.3, -0.25) is 0 Å². The zero-order valence-electron chi connectivity index (χ0n) is 9.85. The van der Waals surface area contributed by atoms with Crippen molar-refractivity contribution < 1.29 is 0 Å². The van der Waals surface area contributed by atoms with Gasteiger partial charge in [0.2, 0.25) is 5.95 Å². The zero-order valence-corrected chi connectivity index (χ0v) is 9.85. The van der Waals surface area contributed by atoms with Crippen molar-refractivity contribution in [3.63, 3.8) is 0 Å². The van der Waals surface area contributed by atoms with Crippen LogP contribution in [0.2, 0.25) is 0 Å². The van der Waals surface area contributed by atoms with Crippen LogP contribution in [0.1, 0.15) is 13.3 Å². The van der Waals surface area contributed by atoms with Gasteiger partial charge in [-0.2, -0.15) is 4.98 Å². The van der Waals surface area contributed by atoms with Gasteiger partial charge in [-0.25, -0.2) is 4.98 Å². The highest BCUT2D eigenvalue weighted by atomic mass is 15.1. The Hall–Kier alpha value is -1.84. The number of hydrogen-bond donors (Lipinski definition) is 2. The van der Waals surface area contributed by atoms with E-state index in [1.807, 2.05) is 24.3 Å². The zero-order chi connectivity index (χ0) is 11.8. The van der Waals surface area contributed by atoms with E-state index in [-0.39, 0.29) is 0 Å². The standard InChI is InChI=1S/C13H16N4/c1-8-6-9(8)7-15-12-10-4-2-3-5-11(10)16-13(14)17-12/h2-5,8-9H,6-7H2,1H3,(H3,14,15,16,17). The lowest BCUT2D eigenvalue weighted by Gasteiger charge is -2.08. The molecule has 2 aromatic rings. The molecule has 2 atom stereocenters. The summed E-state index contributed by atoms with van der Waals surface area (Å²) in [6.45, 7) is 3.25. The molecule has 1 aromatic heterocycles. The summed E-state index contributed by atoms with van der Waals surface area (Å²) in [4.78, 5) is 8.50. The molecule has 0 radical (unpaired) electrons. The minimum atomic E-state index is 0.329. The summed E-state index contributed by atoms with van der Waals surface area (Å²) in [5.41, 5.74) is 6.61. The average molecular weight is 228 g/mol. The molecule has 0 aliphatic heterocycles. The molecular weight excluding hydrogens is 212 g/mol. The number of aromatic nitrogens is 2. The molecule has 17 heavy (non-hydrogen) atoms. The fraction of sp³-hybridized carbons (Fsp3) is 0.385. The Labute approximate surface area is 100 Å². The normalized spacial score (nSPS) is 22.6. The first-order valence-electron chi connectivity index (χ1n) is 6.00. The quantitative estimate of drug-likeness (QED) is 0.846. The molecule has 3 N–H and O–H groups in total. The smallest absolute Gasteiger partial charge is 0.222 e. The third-order valence-corrected chi connectivity index (χ3v) is 3.43. The topological polar surface area (TPSA) is 63.8 Å². The Morgan fingerprint density at radius 2 is 2.12 bits per heavy atom. The van der Waals surface area contributed by atoms with E-state index < -0.39 is 0 Å². The van der Waals surface area contributed by atoms with Crippen LogP contribution in [0.5, 0.6) is 0 Å². The maximum absolute atomic E-state index is 5.71. The number of fused-ring (bicyclic) bond motifs is 1. The van der Waals surface area contributed by atoms with Gasteiger partial charge in [0.05, 0.1) is 5.52 Å². The van der Waals surface area contributed by atoms with Crippen LogP contribution < -0.4 is 11.1 Å². The van der Waals surface area contributed by atoms with Crippen molar-refractivity contribution in [2.75, 3.05) is 17.6 Å². The number of nitrogens with one attached hydrogen (secondary N) is 1. The van der Waals surface area contributed by atoms with Crippen molar-refractivity contribution >= 4 is 22.7 Å². The summed E-state index contributed by atoms with van der Waals surface area (Å²) in [6, 6.07) is 7.93. The molecule has 1 aliphatic rings. The second kappa shape index (κ2) is 3.87. The van der Waals surface area contributed by atoms with Crippen molar-refractivity contribution in [2.45, 2.75) is 13.3 Å². The lowest BCUT2D eigenvalue weighted by Crippen LogP contribution is -2.08. The minimum absolute atomic E-state index is 0.329.